The third kappa shape index (κ3) is 1.57. The molecule has 0 bridgehead atoms. The van der Waals surface area contributed by atoms with Crippen LogP contribution >= 0.6 is 0 Å². The van der Waals surface area contributed by atoms with Crippen molar-refractivity contribution >= 4 is 23.0 Å². The van der Waals surface area contributed by atoms with E-state index < -0.39 is 5.41 Å². The Kier molecular flexibility index (Phi) is 2.87. The van der Waals surface area contributed by atoms with Crippen molar-refractivity contribution in [3.05, 3.63) is 43.0 Å². The summed E-state index contributed by atoms with van der Waals surface area (Å²) in [5, 5.41) is 2.86. The van der Waals surface area contributed by atoms with Crippen LogP contribution in [-0.4, -0.2) is 5.91 Å². The van der Waals surface area contributed by atoms with Crippen molar-refractivity contribution < 1.29 is 4.79 Å². The van der Waals surface area contributed by atoms with Gasteiger partial charge in [0.15, 0.2) is 0 Å². The van der Waals surface area contributed by atoms with E-state index in [4.69, 9.17) is 11.5 Å². The number of rotatable bonds is 4. The van der Waals surface area contributed by atoms with Crippen LogP contribution in [-0.2, 0) is 10.2 Å². The van der Waals surface area contributed by atoms with Crippen LogP contribution in [0.4, 0.5) is 17.1 Å². The molecule has 0 saturated carbocycles. The van der Waals surface area contributed by atoms with Crippen molar-refractivity contribution in [1.82, 2.24) is 0 Å². The first-order valence-electron chi connectivity index (χ1n) is 5.78. The van der Waals surface area contributed by atoms with Crippen molar-refractivity contribution in [2.24, 2.45) is 0 Å². The van der Waals surface area contributed by atoms with E-state index in [9.17, 15) is 4.79 Å². The van der Waals surface area contributed by atoms with E-state index in [0.29, 0.717) is 24.2 Å². The van der Waals surface area contributed by atoms with Crippen molar-refractivity contribution in [3.8, 4) is 0 Å². The van der Waals surface area contributed by atoms with E-state index in [1.165, 1.54) is 0 Å². The van der Waals surface area contributed by atoms with Gasteiger partial charge >= 0.3 is 0 Å². The molecule has 1 amide bonds. The molecule has 1 aromatic rings. The third-order valence-electron chi connectivity index (χ3n) is 3.41. The van der Waals surface area contributed by atoms with E-state index in [1.807, 2.05) is 0 Å². The number of amides is 1. The molecule has 2 rings (SSSR count). The summed E-state index contributed by atoms with van der Waals surface area (Å²) in [6.45, 7) is 7.46. The predicted molar refractivity (Wildman–Crippen MR) is 75.2 cm³/mol. The molecule has 1 aliphatic heterocycles. The van der Waals surface area contributed by atoms with Gasteiger partial charge in [0, 0.05) is 5.69 Å². The average molecular weight is 243 g/mol. The summed E-state index contributed by atoms with van der Waals surface area (Å²) in [6.07, 6.45) is 4.57. The Bertz CT molecular complexity index is 524. The predicted octanol–water partition coefficient (Wildman–Crippen LogP) is 2.19. The summed E-state index contributed by atoms with van der Waals surface area (Å²) in [7, 11) is 0. The first-order chi connectivity index (χ1) is 8.55. The number of nitrogens with two attached hydrogens (primary N) is 2. The zero-order valence-electron chi connectivity index (χ0n) is 10.2. The number of carbonyl (C=O) groups excluding carboxylic acids is 1. The number of nitrogen functional groups attached to an aromatic ring is 2. The molecule has 5 N–H and O–H groups in total. The van der Waals surface area contributed by atoms with Gasteiger partial charge in [-0.1, -0.05) is 12.2 Å². The highest BCUT2D eigenvalue weighted by molar-refractivity contribution is 6.07. The van der Waals surface area contributed by atoms with E-state index in [2.05, 4.69) is 18.5 Å². The number of nitrogens with one attached hydrogen (secondary N) is 1. The molecule has 1 aliphatic rings. The van der Waals surface area contributed by atoms with Gasteiger partial charge in [0.05, 0.1) is 16.8 Å². The number of fused-ring (bicyclic) bond motifs is 1. The van der Waals surface area contributed by atoms with Crippen LogP contribution in [0.5, 0.6) is 0 Å². The van der Waals surface area contributed by atoms with Crippen LogP contribution < -0.4 is 16.8 Å². The fraction of sp³-hybridized carbons (Fsp3) is 0.214. The Hall–Kier alpha value is -2.23. The van der Waals surface area contributed by atoms with E-state index in [-0.39, 0.29) is 5.91 Å². The Balaban J connectivity index is 2.63. The summed E-state index contributed by atoms with van der Waals surface area (Å²) < 4.78 is 0. The number of allylic oxidation sites excluding steroid dienone is 2. The summed E-state index contributed by atoms with van der Waals surface area (Å²) in [6, 6.07) is 3.48. The van der Waals surface area contributed by atoms with Crippen molar-refractivity contribution in [2.75, 3.05) is 16.8 Å². The first-order valence-corrected chi connectivity index (χ1v) is 5.78. The maximum atomic E-state index is 12.3. The second-order valence-corrected chi connectivity index (χ2v) is 4.55. The molecule has 0 unspecified atom stereocenters. The van der Waals surface area contributed by atoms with Gasteiger partial charge in [-0.15, -0.1) is 13.2 Å². The summed E-state index contributed by atoms with van der Waals surface area (Å²) in [5.74, 6) is -0.0534. The highest BCUT2D eigenvalue weighted by Crippen LogP contribution is 2.45. The van der Waals surface area contributed by atoms with Crippen LogP contribution in [0.25, 0.3) is 0 Å². The van der Waals surface area contributed by atoms with E-state index in [1.54, 1.807) is 24.3 Å². The lowest BCUT2D eigenvalue weighted by Crippen LogP contribution is -2.33. The van der Waals surface area contributed by atoms with Crippen LogP contribution in [0.3, 0.4) is 0 Å². The molecule has 18 heavy (non-hydrogen) atoms. The summed E-state index contributed by atoms with van der Waals surface area (Å²) in [4.78, 5) is 12.3. The Morgan fingerprint density at radius 1 is 1.17 bits per heavy atom. The molecule has 0 aliphatic carbocycles. The molecule has 94 valence electrons. The monoisotopic (exact) mass is 243 g/mol. The van der Waals surface area contributed by atoms with Crippen LogP contribution in [0.15, 0.2) is 37.4 Å². The number of hydrogen-bond donors (Lipinski definition) is 3. The zero-order chi connectivity index (χ0) is 13.3. The highest BCUT2D eigenvalue weighted by Gasteiger charge is 2.45. The average Bonchev–Trinajstić information content (AvgIpc) is 2.55. The lowest BCUT2D eigenvalue weighted by molar-refractivity contribution is -0.120. The molecular formula is C14H17N3O. The molecule has 4 heteroatoms. The lowest BCUT2D eigenvalue weighted by Gasteiger charge is -2.24. The minimum absolute atomic E-state index is 0.0534. The topological polar surface area (TPSA) is 81.1 Å². The van der Waals surface area contributed by atoms with Crippen LogP contribution in [0.2, 0.25) is 0 Å². The van der Waals surface area contributed by atoms with Crippen LogP contribution in [0.1, 0.15) is 18.4 Å². The number of benzene rings is 1. The van der Waals surface area contributed by atoms with Gasteiger partial charge in [-0.3, -0.25) is 4.79 Å². The standard InChI is InChI=1S/C14H17N3O/c1-3-5-14(6-4-2)9-7-10(15)11(16)8-12(9)17-13(14)18/h3-4,7-8H,1-2,5-6,15-16H2,(H,17,18). The van der Waals surface area contributed by atoms with Gasteiger partial charge in [-0.25, -0.2) is 0 Å². The summed E-state index contributed by atoms with van der Waals surface area (Å²) >= 11 is 0. The molecule has 0 saturated heterocycles. The molecule has 4 nitrogen and oxygen atoms in total. The number of carbonyl (C=O) groups is 1. The highest BCUT2D eigenvalue weighted by atomic mass is 16.2. The SMILES string of the molecule is C=CCC1(CC=C)C(=O)Nc2cc(N)c(N)cc21. The van der Waals surface area contributed by atoms with Gasteiger partial charge in [0.2, 0.25) is 5.91 Å². The smallest absolute Gasteiger partial charge is 0.235 e. The second-order valence-electron chi connectivity index (χ2n) is 4.55. The Morgan fingerprint density at radius 2 is 1.72 bits per heavy atom. The minimum atomic E-state index is -0.652. The largest absolute Gasteiger partial charge is 0.397 e. The number of hydrogen-bond acceptors (Lipinski definition) is 3. The quantitative estimate of drug-likeness (QED) is 0.560. The van der Waals surface area contributed by atoms with E-state index >= 15 is 0 Å². The van der Waals surface area contributed by atoms with Gasteiger partial charge in [0.25, 0.3) is 0 Å². The van der Waals surface area contributed by atoms with Gasteiger partial charge in [-0.05, 0) is 30.5 Å². The van der Waals surface area contributed by atoms with Crippen molar-refractivity contribution in [2.45, 2.75) is 18.3 Å². The summed E-state index contributed by atoms with van der Waals surface area (Å²) in [5.41, 5.74) is 13.5. The second kappa shape index (κ2) is 4.22. The molecule has 0 spiro atoms. The molecule has 0 aromatic heterocycles. The van der Waals surface area contributed by atoms with E-state index in [0.717, 1.165) is 11.3 Å². The maximum Gasteiger partial charge on any atom is 0.235 e. The normalized spacial score (nSPS) is 15.9. The molecule has 1 heterocycles. The van der Waals surface area contributed by atoms with Crippen LogP contribution in [0, 0.1) is 0 Å². The number of anilines is 3. The van der Waals surface area contributed by atoms with Crippen molar-refractivity contribution in [3.63, 3.8) is 0 Å². The minimum Gasteiger partial charge on any atom is -0.397 e. The zero-order valence-corrected chi connectivity index (χ0v) is 10.2. The fourth-order valence-corrected chi connectivity index (χ4v) is 2.48. The van der Waals surface area contributed by atoms with Crippen molar-refractivity contribution in [1.29, 1.82) is 0 Å². The van der Waals surface area contributed by atoms with Gasteiger partial charge < -0.3 is 16.8 Å². The molecule has 0 fully saturated rings. The lowest BCUT2D eigenvalue weighted by atomic mass is 9.75. The molecular weight excluding hydrogens is 226 g/mol. The fourth-order valence-electron chi connectivity index (χ4n) is 2.48. The third-order valence-corrected chi connectivity index (χ3v) is 3.41. The van der Waals surface area contributed by atoms with Gasteiger partial charge in [-0.2, -0.15) is 0 Å². The first kappa shape index (κ1) is 12.2. The maximum absolute atomic E-state index is 12.3. The molecule has 0 radical (unpaired) electrons. The Morgan fingerprint density at radius 3 is 2.28 bits per heavy atom. The molecule has 1 aromatic carbocycles. The van der Waals surface area contributed by atoms with Gasteiger partial charge in [0.1, 0.15) is 0 Å². The Labute approximate surface area is 106 Å². The molecule has 0 atom stereocenters.